The van der Waals surface area contributed by atoms with E-state index >= 15 is 0 Å². The number of amides is 1. The molecule has 31 heavy (non-hydrogen) atoms. The molecule has 2 aliphatic rings. The van der Waals surface area contributed by atoms with Crippen LogP contribution in [0.4, 0.5) is 5.82 Å². The van der Waals surface area contributed by atoms with E-state index in [2.05, 4.69) is 34.0 Å². The van der Waals surface area contributed by atoms with E-state index in [1.165, 1.54) is 10.4 Å². The molecule has 0 aliphatic carbocycles. The van der Waals surface area contributed by atoms with Gasteiger partial charge in [0.2, 0.25) is 5.91 Å². The van der Waals surface area contributed by atoms with E-state index in [0.29, 0.717) is 13.2 Å². The fourth-order valence-corrected chi connectivity index (χ4v) is 5.27. The lowest BCUT2D eigenvalue weighted by Gasteiger charge is -2.33. The Morgan fingerprint density at radius 1 is 1.19 bits per heavy atom. The third kappa shape index (κ3) is 3.92. The number of fused-ring (bicyclic) bond motifs is 2. The molecule has 1 saturated heterocycles. The maximum atomic E-state index is 12.7. The van der Waals surface area contributed by atoms with Crippen LogP contribution in [0.3, 0.4) is 0 Å². The number of nitrogens with one attached hydrogen (secondary N) is 1. The molecule has 2 aromatic heterocycles. The lowest BCUT2D eigenvalue weighted by atomic mass is 9.95. The van der Waals surface area contributed by atoms with Crippen LogP contribution >= 0.6 is 11.3 Å². The number of anilines is 1. The van der Waals surface area contributed by atoms with E-state index in [-0.39, 0.29) is 17.9 Å². The Balaban J connectivity index is 1.16. The number of nitrogens with zero attached hydrogens (tertiary/aromatic N) is 3. The van der Waals surface area contributed by atoms with Gasteiger partial charge in [0.25, 0.3) is 0 Å². The second-order valence-corrected chi connectivity index (χ2v) is 9.37. The maximum absolute atomic E-state index is 12.7. The smallest absolute Gasteiger partial charge is 0.223 e. The number of thiophene rings is 1. The molecule has 162 valence electrons. The van der Waals surface area contributed by atoms with Crippen molar-refractivity contribution in [2.75, 3.05) is 31.1 Å². The number of carbonyl (C=O) groups is 1. The maximum Gasteiger partial charge on any atom is 0.223 e. The van der Waals surface area contributed by atoms with Crippen LogP contribution in [0.15, 0.2) is 30.6 Å². The topological polar surface area (TPSA) is 76.6 Å². The Morgan fingerprint density at radius 3 is 2.77 bits per heavy atom. The van der Waals surface area contributed by atoms with Crippen molar-refractivity contribution in [1.29, 1.82) is 0 Å². The third-order valence-corrected chi connectivity index (χ3v) is 7.30. The van der Waals surface area contributed by atoms with Gasteiger partial charge in [-0.25, -0.2) is 9.97 Å². The van der Waals surface area contributed by atoms with Crippen molar-refractivity contribution >= 4 is 33.3 Å². The predicted octanol–water partition coefficient (Wildman–Crippen LogP) is 3.48. The SMILES string of the molecule is Cc1sc2ncnc(N3CCC(C(=O)NC[C@@H]4COc5ccccc5O4)CC3)c2c1C. The standard InChI is InChI=1S/C23H26N4O3S/c1-14-15(2)31-23-20(14)21(25-13-26-23)27-9-7-16(8-10-27)22(28)24-11-17-12-29-18-5-3-4-6-19(18)30-17/h3-6,13,16-17H,7-12H2,1-2H3,(H,24,28)/t17-/m1/s1. The van der Waals surface area contributed by atoms with Crippen LogP contribution < -0.4 is 19.7 Å². The average Bonchev–Trinajstić information content (AvgIpc) is 3.11. The molecule has 0 unspecified atom stereocenters. The largest absolute Gasteiger partial charge is 0.486 e. The number of rotatable bonds is 4. The minimum absolute atomic E-state index is 0.00989. The molecule has 1 fully saturated rings. The second-order valence-electron chi connectivity index (χ2n) is 8.16. The molecule has 0 radical (unpaired) electrons. The summed E-state index contributed by atoms with van der Waals surface area (Å²) in [4.78, 5) is 26.4. The highest BCUT2D eigenvalue weighted by atomic mass is 32.1. The van der Waals surface area contributed by atoms with Gasteiger partial charge in [-0.05, 0) is 44.4 Å². The zero-order chi connectivity index (χ0) is 21.4. The van der Waals surface area contributed by atoms with Crippen molar-refractivity contribution in [2.24, 2.45) is 5.92 Å². The number of piperidine rings is 1. The summed E-state index contributed by atoms with van der Waals surface area (Å²) in [6.07, 6.45) is 3.10. The van der Waals surface area contributed by atoms with Crippen molar-refractivity contribution in [3.05, 3.63) is 41.0 Å². The van der Waals surface area contributed by atoms with Gasteiger partial charge in [0.1, 0.15) is 29.7 Å². The number of para-hydroxylation sites is 2. The first-order valence-electron chi connectivity index (χ1n) is 10.7. The zero-order valence-corrected chi connectivity index (χ0v) is 18.6. The molecular weight excluding hydrogens is 412 g/mol. The Bertz CT molecular complexity index is 1110. The third-order valence-electron chi connectivity index (χ3n) is 6.18. The lowest BCUT2D eigenvalue weighted by Crippen LogP contribution is -2.45. The molecule has 1 amide bonds. The summed E-state index contributed by atoms with van der Waals surface area (Å²) in [7, 11) is 0. The van der Waals surface area contributed by atoms with Crippen LogP contribution in [0.5, 0.6) is 11.5 Å². The summed E-state index contributed by atoms with van der Waals surface area (Å²) in [5, 5.41) is 4.22. The fraction of sp³-hybridized carbons (Fsp3) is 0.435. The summed E-state index contributed by atoms with van der Waals surface area (Å²) in [6.45, 7) is 6.79. The van der Waals surface area contributed by atoms with Gasteiger partial charge in [0.05, 0.1) is 11.9 Å². The summed E-state index contributed by atoms with van der Waals surface area (Å²) in [6, 6.07) is 7.62. The van der Waals surface area contributed by atoms with Crippen LogP contribution in [-0.4, -0.2) is 48.2 Å². The van der Waals surface area contributed by atoms with Gasteiger partial charge in [-0.15, -0.1) is 11.3 Å². The van der Waals surface area contributed by atoms with Crippen molar-refractivity contribution < 1.29 is 14.3 Å². The van der Waals surface area contributed by atoms with E-state index in [4.69, 9.17) is 9.47 Å². The van der Waals surface area contributed by atoms with E-state index in [1.54, 1.807) is 17.7 Å². The van der Waals surface area contributed by atoms with E-state index < -0.39 is 0 Å². The van der Waals surface area contributed by atoms with Crippen molar-refractivity contribution in [2.45, 2.75) is 32.8 Å². The number of hydrogen-bond acceptors (Lipinski definition) is 7. The van der Waals surface area contributed by atoms with E-state index in [9.17, 15) is 4.79 Å². The number of aryl methyl sites for hydroxylation is 2. The molecule has 4 heterocycles. The van der Waals surface area contributed by atoms with Gasteiger partial charge in [0.15, 0.2) is 11.5 Å². The lowest BCUT2D eigenvalue weighted by molar-refractivity contribution is -0.126. The quantitative estimate of drug-likeness (QED) is 0.672. The summed E-state index contributed by atoms with van der Waals surface area (Å²) in [5.74, 6) is 2.59. The molecule has 3 aromatic rings. The molecule has 7 nitrogen and oxygen atoms in total. The van der Waals surface area contributed by atoms with Crippen LogP contribution in [0.1, 0.15) is 23.3 Å². The minimum atomic E-state index is -0.168. The van der Waals surface area contributed by atoms with Crippen LogP contribution in [-0.2, 0) is 4.79 Å². The van der Waals surface area contributed by atoms with Gasteiger partial charge in [-0.2, -0.15) is 0 Å². The Kier molecular flexibility index (Phi) is 5.40. The normalized spacial score (nSPS) is 18.9. The molecule has 0 bridgehead atoms. The first-order chi connectivity index (χ1) is 15.1. The predicted molar refractivity (Wildman–Crippen MR) is 121 cm³/mol. The number of benzene rings is 1. The zero-order valence-electron chi connectivity index (χ0n) is 17.8. The van der Waals surface area contributed by atoms with E-state index in [1.807, 2.05) is 24.3 Å². The van der Waals surface area contributed by atoms with Crippen molar-refractivity contribution in [3.8, 4) is 11.5 Å². The molecule has 0 spiro atoms. The molecule has 0 saturated carbocycles. The highest BCUT2D eigenvalue weighted by Crippen LogP contribution is 2.35. The summed E-state index contributed by atoms with van der Waals surface area (Å²) < 4.78 is 11.7. The van der Waals surface area contributed by atoms with Gasteiger partial charge in [-0.3, -0.25) is 4.79 Å². The minimum Gasteiger partial charge on any atom is -0.486 e. The number of carbonyl (C=O) groups excluding carboxylic acids is 1. The van der Waals surface area contributed by atoms with Crippen LogP contribution in [0.2, 0.25) is 0 Å². The highest BCUT2D eigenvalue weighted by molar-refractivity contribution is 7.18. The average molecular weight is 439 g/mol. The molecule has 5 rings (SSSR count). The molecular formula is C23H26N4O3S. The molecule has 8 heteroatoms. The first-order valence-corrected chi connectivity index (χ1v) is 11.5. The first kappa shape index (κ1) is 20.1. The van der Waals surface area contributed by atoms with Gasteiger partial charge >= 0.3 is 0 Å². The van der Waals surface area contributed by atoms with Crippen molar-refractivity contribution in [3.63, 3.8) is 0 Å². The summed E-state index contributed by atoms with van der Waals surface area (Å²) in [5.41, 5.74) is 1.26. The Labute approximate surface area is 185 Å². The molecule has 2 aliphatic heterocycles. The summed E-state index contributed by atoms with van der Waals surface area (Å²) >= 11 is 1.71. The van der Waals surface area contributed by atoms with E-state index in [0.717, 1.165) is 53.5 Å². The number of ether oxygens (including phenoxy) is 2. The van der Waals surface area contributed by atoms with Gasteiger partial charge in [-0.1, -0.05) is 12.1 Å². The highest BCUT2D eigenvalue weighted by Gasteiger charge is 2.28. The molecule has 1 aromatic carbocycles. The van der Waals surface area contributed by atoms with Gasteiger partial charge in [0, 0.05) is 23.9 Å². The monoisotopic (exact) mass is 438 g/mol. The molecule has 1 N–H and O–H groups in total. The second kappa shape index (κ2) is 8.34. The van der Waals surface area contributed by atoms with Gasteiger partial charge < -0.3 is 19.7 Å². The number of aromatic nitrogens is 2. The Hall–Kier alpha value is -2.87. The fourth-order valence-electron chi connectivity index (χ4n) is 4.28. The van der Waals surface area contributed by atoms with Crippen LogP contribution in [0.25, 0.3) is 10.2 Å². The number of hydrogen-bond donors (Lipinski definition) is 1. The molecule has 1 atom stereocenters. The van der Waals surface area contributed by atoms with Crippen LogP contribution in [0, 0.1) is 19.8 Å². The Morgan fingerprint density at radius 2 is 1.97 bits per heavy atom. The van der Waals surface area contributed by atoms with Crippen molar-refractivity contribution in [1.82, 2.24) is 15.3 Å².